The third kappa shape index (κ3) is 19.2. The molecule has 9 N–H and O–H groups in total. The van der Waals surface area contributed by atoms with Gasteiger partial charge in [0, 0.05) is 44.9 Å². The Labute approximate surface area is 594 Å². The Balaban J connectivity index is 0.000000169. The van der Waals surface area contributed by atoms with Crippen molar-refractivity contribution in [2.75, 3.05) is 25.1 Å². The molecule has 12 aromatic rings. The van der Waals surface area contributed by atoms with E-state index in [-0.39, 0.29) is 17.1 Å². The SMILES string of the molecule is CC(C)(O)c1cc(-c2ccccc2)cc2[nH]c(C#Cc3ccc(NS(=O)(=O)C(F)(F)F)cc3)nc12.CC(O)c1ccccc1-c1ccc2nc(C#Cc3ccc(NS(=O)(=O)C(F)(F)F)cc3)[nH]c2c1.CS(=O)(=O)Nc1ccccc1-c1ccc2nc(C#Cc3ccc(NS(=O)(=O)C(F)(F)F)cc3)[nH]c2c1. The summed E-state index contributed by atoms with van der Waals surface area (Å²) in [6.45, 7) is 5.05. The highest BCUT2D eigenvalue weighted by atomic mass is 32.2. The van der Waals surface area contributed by atoms with Crippen molar-refractivity contribution >= 4 is 95.9 Å². The Bertz CT molecular complexity index is 5930. The second-order valence-corrected chi connectivity index (χ2v) is 30.2. The van der Waals surface area contributed by atoms with Crippen molar-refractivity contribution in [1.82, 2.24) is 29.9 Å². The molecule has 0 spiro atoms. The molecule has 105 heavy (non-hydrogen) atoms. The number of nitrogens with one attached hydrogen (secondary N) is 7. The molecular formula is C72H55F9N10O10S4. The largest absolute Gasteiger partial charge is 0.516 e. The van der Waals surface area contributed by atoms with E-state index in [1.165, 1.54) is 87.0 Å². The van der Waals surface area contributed by atoms with Gasteiger partial charge in [-0.2, -0.15) is 64.8 Å². The van der Waals surface area contributed by atoms with Crippen molar-refractivity contribution < 1.29 is 83.4 Å². The molecule has 20 nitrogen and oxygen atoms in total. The third-order valence-electron chi connectivity index (χ3n) is 14.9. The molecule has 9 aromatic carbocycles. The Morgan fingerprint density at radius 1 is 0.410 bits per heavy atom. The molecular weight excluding hydrogens is 1460 g/mol. The van der Waals surface area contributed by atoms with Crippen LogP contribution in [0.1, 0.15) is 72.2 Å². The van der Waals surface area contributed by atoms with E-state index in [4.69, 9.17) is 0 Å². The van der Waals surface area contributed by atoms with Gasteiger partial charge in [-0.1, -0.05) is 103 Å². The fourth-order valence-corrected chi connectivity index (χ4v) is 12.2. The van der Waals surface area contributed by atoms with Gasteiger partial charge in [0.2, 0.25) is 10.0 Å². The number of para-hydroxylation sites is 1. The first-order valence-electron chi connectivity index (χ1n) is 30.5. The number of aromatic amines is 3. The van der Waals surface area contributed by atoms with Crippen LogP contribution in [-0.2, 0) is 45.7 Å². The molecule has 33 heteroatoms. The third-order valence-corrected chi connectivity index (χ3v) is 18.8. The van der Waals surface area contributed by atoms with Gasteiger partial charge in [0.05, 0.1) is 56.7 Å². The van der Waals surface area contributed by atoms with E-state index in [0.29, 0.717) is 78.6 Å². The maximum absolute atomic E-state index is 12.5. The molecule has 0 radical (unpaired) electrons. The van der Waals surface area contributed by atoms with Gasteiger partial charge in [-0.15, -0.1) is 0 Å². The molecule has 1 atom stereocenters. The number of aromatic nitrogens is 6. The molecule has 3 heterocycles. The summed E-state index contributed by atoms with van der Waals surface area (Å²) in [5.74, 6) is 18.1. The summed E-state index contributed by atoms with van der Waals surface area (Å²) in [4.78, 5) is 22.6. The smallest absolute Gasteiger partial charge is 0.389 e. The Morgan fingerprint density at radius 3 is 1.19 bits per heavy atom. The van der Waals surface area contributed by atoms with Crippen LogP contribution in [0.25, 0.3) is 66.5 Å². The monoisotopic (exact) mass is 1520 g/mol. The second-order valence-electron chi connectivity index (χ2n) is 23.4. The predicted octanol–water partition coefficient (Wildman–Crippen LogP) is 14.3. The summed E-state index contributed by atoms with van der Waals surface area (Å²) in [5, 5.41) is 20.8. The standard InChI is InChI=1S/C25H20F3N3O3S.C24H18F3N3O3S.C23H17F3N4O4S2/c1-24(2,32)20-14-18(17-6-4-3-5-7-17)15-21-23(20)30-22(29-21)13-10-16-8-11-19(12-9-16)31-35(33,34)25(26,27)28;1-15(31)19-4-2-3-5-20(19)17-9-12-21-22(14-17)29-23(28-21)13-8-16-6-10-18(11-7-16)30-34(32,33)24(25,26)27;1-35(31,32)30-19-5-3-2-4-18(19)16-9-12-20-21(14-16)28-22(27-20)13-8-15-6-10-17(11-7-15)29-36(33,34)23(24,25)26/h3-9,11-12,14-15,31-32H,1-2H3,(H,29,30);2-7,9-12,14-15,30-31H,1H3,(H,28,29);2-7,9-12,14,29-30H,1H3,(H,27,28). The van der Waals surface area contributed by atoms with Crippen LogP contribution < -0.4 is 18.9 Å². The van der Waals surface area contributed by atoms with Gasteiger partial charge in [-0.3, -0.25) is 18.9 Å². The van der Waals surface area contributed by atoms with Crippen molar-refractivity contribution in [3.63, 3.8) is 0 Å². The molecule has 12 rings (SSSR count). The fourth-order valence-electron chi connectivity index (χ4n) is 9.96. The van der Waals surface area contributed by atoms with Crippen LogP contribution in [0.5, 0.6) is 0 Å². The highest BCUT2D eigenvalue weighted by Gasteiger charge is 2.47. The first-order chi connectivity index (χ1) is 49.2. The number of rotatable bonds is 13. The number of imidazole rings is 3. The average molecular weight is 1520 g/mol. The van der Waals surface area contributed by atoms with Crippen LogP contribution in [0, 0.1) is 35.5 Å². The minimum Gasteiger partial charge on any atom is -0.389 e. The Hall–Kier alpha value is -11.6. The summed E-state index contributed by atoms with van der Waals surface area (Å²) in [6, 6.07) is 54.4. The summed E-state index contributed by atoms with van der Waals surface area (Å²) < 4.78 is 210. The van der Waals surface area contributed by atoms with E-state index in [9.17, 15) is 83.4 Å². The second kappa shape index (κ2) is 30.0. The van der Waals surface area contributed by atoms with Crippen LogP contribution in [0.3, 0.4) is 0 Å². The zero-order chi connectivity index (χ0) is 76.1. The van der Waals surface area contributed by atoms with Gasteiger partial charge in [0.15, 0.2) is 17.5 Å². The number of alkyl halides is 9. The minimum atomic E-state index is -5.50. The number of hydrogen-bond acceptors (Lipinski definition) is 13. The number of aliphatic hydroxyl groups excluding tert-OH is 1. The summed E-state index contributed by atoms with van der Waals surface area (Å²) >= 11 is 0. The van der Waals surface area contributed by atoms with Gasteiger partial charge in [0.1, 0.15) is 0 Å². The highest BCUT2D eigenvalue weighted by Crippen LogP contribution is 2.36. The zero-order valence-corrected chi connectivity index (χ0v) is 57.9. The number of halogens is 9. The molecule has 540 valence electrons. The number of sulfonamides is 4. The lowest BCUT2D eigenvalue weighted by Crippen LogP contribution is -2.29. The zero-order valence-electron chi connectivity index (χ0n) is 54.7. The van der Waals surface area contributed by atoms with E-state index < -0.39 is 68.3 Å². The van der Waals surface area contributed by atoms with Crippen molar-refractivity contribution in [3.8, 4) is 68.9 Å². The number of H-pyrrole nitrogens is 3. The minimum absolute atomic E-state index is 0.225. The van der Waals surface area contributed by atoms with Gasteiger partial charge in [0.25, 0.3) is 0 Å². The van der Waals surface area contributed by atoms with Crippen molar-refractivity contribution in [2.45, 2.75) is 49.0 Å². The van der Waals surface area contributed by atoms with Crippen LogP contribution in [0.4, 0.5) is 62.3 Å². The molecule has 0 aliphatic carbocycles. The molecule has 1 unspecified atom stereocenters. The number of nitrogens with zero attached hydrogens (tertiary/aromatic N) is 3. The lowest BCUT2D eigenvalue weighted by atomic mass is 9.93. The van der Waals surface area contributed by atoms with E-state index in [1.54, 1.807) is 63.2 Å². The van der Waals surface area contributed by atoms with E-state index >= 15 is 0 Å². The van der Waals surface area contributed by atoms with E-state index in [1.807, 2.05) is 84.9 Å². The number of aliphatic hydroxyl groups is 2. The number of anilines is 4. The number of hydrogen-bond donors (Lipinski definition) is 9. The van der Waals surface area contributed by atoms with Gasteiger partial charge in [-0.25, -0.2) is 23.4 Å². The molecule has 0 aliphatic heterocycles. The van der Waals surface area contributed by atoms with Crippen molar-refractivity contribution in [1.29, 1.82) is 0 Å². The predicted molar refractivity (Wildman–Crippen MR) is 382 cm³/mol. The van der Waals surface area contributed by atoms with Crippen LogP contribution in [-0.4, -0.2) is 96.6 Å². The van der Waals surface area contributed by atoms with Gasteiger partial charge < -0.3 is 25.2 Å². The fraction of sp³-hybridized carbons (Fsp3) is 0.125. The van der Waals surface area contributed by atoms with E-state index in [2.05, 4.69) is 70.1 Å². The van der Waals surface area contributed by atoms with E-state index in [0.717, 1.165) is 45.2 Å². The first kappa shape index (κ1) is 76.0. The normalized spacial score (nSPS) is 12.4. The molecule has 0 amide bonds. The Kier molecular flexibility index (Phi) is 21.7. The maximum Gasteiger partial charge on any atom is 0.516 e. The average Bonchev–Trinajstić information content (AvgIpc) is 1.52. The molecule has 0 bridgehead atoms. The molecule has 0 aliphatic rings. The molecule has 3 aromatic heterocycles. The van der Waals surface area contributed by atoms with Crippen LogP contribution in [0.15, 0.2) is 200 Å². The maximum atomic E-state index is 12.5. The van der Waals surface area contributed by atoms with Gasteiger partial charge >= 0.3 is 46.6 Å². The van der Waals surface area contributed by atoms with Crippen molar-refractivity contribution in [3.05, 3.63) is 245 Å². The molecule has 0 saturated heterocycles. The number of benzene rings is 9. The van der Waals surface area contributed by atoms with Crippen molar-refractivity contribution in [2.24, 2.45) is 0 Å². The Morgan fingerprint density at radius 2 is 0.781 bits per heavy atom. The number of fused-ring (bicyclic) bond motifs is 3. The topological polar surface area (TPSA) is 311 Å². The first-order valence-corrected chi connectivity index (χ1v) is 36.8. The quantitative estimate of drug-likeness (QED) is 0.0384. The summed E-state index contributed by atoms with van der Waals surface area (Å²) in [6.07, 6.45) is 0.451. The summed E-state index contributed by atoms with van der Waals surface area (Å²) in [5.41, 5.74) is -5.84. The van der Waals surface area contributed by atoms with Crippen LogP contribution >= 0.6 is 0 Å². The highest BCUT2D eigenvalue weighted by molar-refractivity contribution is 7.94. The van der Waals surface area contributed by atoms with Gasteiger partial charge in [-0.05, 0) is 187 Å². The summed E-state index contributed by atoms with van der Waals surface area (Å²) in [7, 11) is -19.9. The lowest BCUT2D eigenvalue weighted by molar-refractivity contribution is -0.0435. The lowest BCUT2D eigenvalue weighted by Gasteiger charge is -2.19. The van der Waals surface area contributed by atoms with Crippen LogP contribution in [0.2, 0.25) is 0 Å². The molecule has 0 fully saturated rings. The molecule has 0 saturated carbocycles.